The van der Waals surface area contributed by atoms with Gasteiger partial charge in [-0.05, 0) is 26.2 Å². The predicted molar refractivity (Wildman–Crippen MR) is 71.8 cm³/mol. The fourth-order valence-corrected chi connectivity index (χ4v) is 1.50. The van der Waals surface area contributed by atoms with Gasteiger partial charge in [-0.1, -0.05) is 6.92 Å². The molecule has 6 heteroatoms. The molecule has 0 aliphatic rings. The van der Waals surface area contributed by atoms with E-state index in [0.29, 0.717) is 25.1 Å². The number of nitro benzene ring substituents is 1. The summed E-state index contributed by atoms with van der Waals surface area (Å²) in [4.78, 5) is 23.9. The molecule has 0 radical (unpaired) electrons. The van der Waals surface area contributed by atoms with Crippen molar-refractivity contribution < 1.29 is 14.5 Å². The number of hydrogen-bond acceptors (Lipinski definition) is 5. The second kappa shape index (κ2) is 6.84. The van der Waals surface area contributed by atoms with Crippen molar-refractivity contribution in [2.75, 3.05) is 27.2 Å². The third-order valence-electron chi connectivity index (χ3n) is 2.59. The Balaban J connectivity index is 2.92. The van der Waals surface area contributed by atoms with Crippen LogP contribution < -0.4 is 4.74 Å². The quantitative estimate of drug-likeness (QED) is 0.429. The lowest BCUT2D eigenvalue weighted by molar-refractivity contribution is -0.385. The Morgan fingerprint density at radius 1 is 1.42 bits per heavy atom. The standard InChI is InChI=1S/C13H18N2O4/c1-4-12(16)10-5-6-13(11(9-10)15(17)18)19-8-7-14(2)3/h5-6,9H,4,7-8H2,1-3H3. The third kappa shape index (κ3) is 4.33. The summed E-state index contributed by atoms with van der Waals surface area (Å²) in [6.07, 6.45) is 0.317. The first-order valence-corrected chi connectivity index (χ1v) is 6.05. The largest absolute Gasteiger partial charge is 0.485 e. The molecule has 0 heterocycles. The van der Waals surface area contributed by atoms with Gasteiger partial charge >= 0.3 is 5.69 Å². The van der Waals surface area contributed by atoms with E-state index in [-0.39, 0.29) is 17.2 Å². The first-order chi connectivity index (χ1) is 8.95. The molecule has 0 atom stereocenters. The molecule has 0 fully saturated rings. The zero-order valence-corrected chi connectivity index (χ0v) is 11.4. The molecule has 1 aromatic rings. The summed E-state index contributed by atoms with van der Waals surface area (Å²) in [6.45, 7) is 2.73. The van der Waals surface area contributed by atoms with Crippen molar-refractivity contribution in [2.45, 2.75) is 13.3 Å². The molecule has 0 spiro atoms. The highest BCUT2D eigenvalue weighted by molar-refractivity contribution is 5.96. The van der Waals surface area contributed by atoms with Crippen LogP contribution in [0.2, 0.25) is 0 Å². The number of likely N-dealkylation sites (N-methyl/N-ethyl adjacent to an activating group) is 1. The van der Waals surface area contributed by atoms with E-state index >= 15 is 0 Å². The Morgan fingerprint density at radius 3 is 2.63 bits per heavy atom. The molecule has 19 heavy (non-hydrogen) atoms. The Hall–Kier alpha value is -1.95. The third-order valence-corrected chi connectivity index (χ3v) is 2.59. The molecule has 0 saturated carbocycles. The van der Waals surface area contributed by atoms with Crippen molar-refractivity contribution in [1.29, 1.82) is 0 Å². The van der Waals surface area contributed by atoms with E-state index in [1.54, 1.807) is 13.0 Å². The van der Waals surface area contributed by atoms with Crippen LogP contribution in [0, 0.1) is 10.1 Å². The van der Waals surface area contributed by atoms with Crippen LogP contribution >= 0.6 is 0 Å². The van der Waals surface area contributed by atoms with E-state index in [0.717, 1.165) is 0 Å². The number of ether oxygens (including phenoxy) is 1. The lowest BCUT2D eigenvalue weighted by atomic mass is 10.1. The van der Waals surface area contributed by atoms with E-state index in [9.17, 15) is 14.9 Å². The first-order valence-electron chi connectivity index (χ1n) is 6.05. The van der Waals surface area contributed by atoms with Gasteiger partial charge in [0.1, 0.15) is 6.61 Å². The Kier molecular flexibility index (Phi) is 5.44. The molecule has 0 saturated heterocycles. The fourth-order valence-electron chi connectivity index (χ4n) is 1.50. The normalized spacial score (nSPS) is 10.5. The number of carbonyl (C=O) groups excluding carboxylic acids is 1. The van der Waals surface area contributed by atoms with Crippen molar-refractivity contribution in [2.24, 2.45) is 0 Å². The molecule has 104 valence electrons. The van der Waals surface area contributed by atoms with Gasteiger partial charge in [0.2, 0.25) is 0 Å². The molecule has 0 unspecified atom stereocenters. The van der Waals surface area contributed by atoms with Crippen LogP contribution in [-0.2, 0) is 0 Å². The van der Waals surface area contributed by atoms with Crippen molar-refractivity contribution >= 4 is 11.5 Å². The van der Waals surface area contributed by atoms with Crippen LogP contribution in [0.15, 0.2) is 18.2 Å². The van der Waals surface area contributed by atoms with E-state index in [1.165, 1.54) is 12.1 Å². The highest BCUT2D eigenvalue weighted by Crippen LogP contribution is 2.28. The van der Waals surface area contributed by atoms with Gasteiger partial charge in [0.15, 0.2) is 11.5 Å². The molecule has 0 aliphatic heterocycles. The van der Waals surface area contributed by atoms with Gasteiger partial charge in [-0.15, -0.1) is 0 Å². The van der Waals surface area contributed by atoms with Crippen LogP contribution in [-0.4, -0.2) is 42.9 Å². The SMILES string of the molecule is CCC(=O)c1ccc(OCCN(C)C)c([N+](=O)[O-])c1. The summed E-state index contributed by atoms with van der Waals surface area (Å²) in [5.74, 6) is 0.0717. The van der Waals surface area contributed by atoms with Gasteiger partial charge in [-0.3, -0.25) is 14.9 Å². The molecule has 1 aromatic carbocycles. The molecular weight excluding hydrogens is 248 g/mol. The fraction of sp³-hybridized carbons (Fsp3) is 0.462. The second-order valence-electron chi connectivity index (χ2n) is 4.37. The Bertz CT molecular complexity index is 472. The first kappa shape index (κ1) is 15.1. The van der Waals surface area contributed by atoms with Crippen molar-refractivity contribution in [1.82, 2.24) is 4.90 Å². The number of benzene rings is 1. The number of Topliss-reactive ketones (excluding diaryl/α,β-unsaturated/α-hetero) is 1. The minimum Gasteiger partial charge on any atom is -0.485 e. The maximum atomic E-state index is 11.5. The summed E-state index contributed by atoms with van der Waals surface area (Å²) in [7, 11) is 3.78. The maximum Gasteiger partial charge on any atom is 0.311 e. The van der Waals surface area contributed by atoms with Gasteiger partial charge in [-0.2, -0.15) is 0 Å². The molecule has 0 N–H and O–H groups in total. The summed E-state index contributed by atoms with van der Waals surface area (Å²) in [5.41, 5.74) is 0.173. The average molecular weight is 266 g/mol. The molecule has 1 rings (SSSR count). The molecule has 0 aliphatic carbocycles. The smallest absolute Gasteiger partial charge is 0.311 e. The van der Waals surface area contributed by atoms with Crippen LogP contribution in [0.25, 0.3) is 0 Å². The Labute approximate surface area is 112 Å². The molecule has 0 amide bonds. The van der Waals surface area contributed by atoms with Gasteiger partial charge in [-0.25, -0.2) is 0 Å². The van der Waals surface area contributed by atoms with Gasteiger partial charge in [0.05, 0.1) is 4.92 Å². The molecule has 6 nitrogen and oxygen atoms in total. The minimum absolute atomic E-state index is 0.122. The summed E-state index contributed by atoms with van der Waals surface area (Å²) >= 11 is 0. The topological polar surface area (TPSA) is 72.7 Å². The van der Waals surface area contributed by atoms with Crippen LogP contribution in [0.1, 0.15) is 23.7 Å². The van der Waals surface area contributed by atoms with E-state index in [2.05, 4.69) is 0 Å². The number of rotatable bonds is 7. The summed E-state index contributed by atoms with van der Waals surface area (Å²) in [5, 5.41) is 11.0. The Morgan fingerprint density at radius 2 is 2.11 bits per heavy atom. The number of ketones is 1. The number of carbonyl (C=O) groups is 1. The maximum absolute atomic E-state index is 11.5. The van der Waals surface area contributed by atoms with Crippen LogP contribution in [0.3, 0.4) is 0 Å². The predicted octanol–water partition coefficient (Wildman–Crippen LogP) is 2.13. The number of nitrogens with zero attached hydrogens (tertiary/aromatic N) is 2. The molecule has 0 aromatic heterocycles. The summed E-state index contributed by atoms with van der Waals surface area (Å²) < 4.78 is 5.38. The second-order valence-corrected chi connectivity index (χ2v) is 4.37. The highest BCUT2D eigenvalue weighted by atomic mass is 16.6. The van der Waals surface area contributed by atoms with Gasteiger partial charge in [0.25, 0.3) is 0 Å². The highest BCUT2D eigenvalue weighted by Gasteiger charge is 2.18. The van der Waals surface area contributed by atoms with Crippen LogP contribution in [0.4, 0.5) is 5.69 Å². The zero-order chi connectivity index (χ0) is 14.4. The number of hydrogen-bond donors (Lipinski definition) is 0. The molecular formula is C13H18N2O4. The van der Waals surface area contributed by atoms with Crippen LogP contribution in [0.5, 0.6) is 5.75 Å². The van der Waals surface area contributed by atoms with Gasteiger partial charge in [0, 0.05) is 24.6 Å². The van der Waals surface area contributed by atoms with E-state index in [4.69, 9.17) is 4.74 Å². The lowest BCUT2D eigenvalue weighted by Crippen LogP contribution is -2.19. The minimum atomic E-state index is -0.530. The van der Waals surface area contributed by atoms with E-state index < -0.39 is 4.92 Å². The van der Waals surface area contributed by atoms with Gasteiger partial charge < -0.3 is 9.64 Å². The average Bonchev–Trinajstić information content (AvgIpc) is 2.37. The monoisotopic (exact) mass is 266 g/mol. The van der Waals surface area contributed by atoms with E-state index in [1.807, 2.05) is 19.0 Å². The lowest BCUT2D eigenvalue weighted by Gasteiger charge is -2.11. The molecule has 0 bridgehead atoms. The van der Waals surface area contributed by atoms with Crippen molar-refractivity contribution in [3.8, 4) is 5.75 Å². The summed E-state index contributed by atoms with van der Waals surface area (Å²) in [6, 6.07) is 4.32. The van der Waals surface area contributed by atoms with Crippen molar-refractivity contribution in [3.63, 3.8) is 0 Å². The zero-order valence-electron chi connectivity index (χ0n) is 11.4. The van der Waals surface area contributed by atoms with Crippen molar-refractivity contribution in [3.05, 3.63) is 33.9 Å². The number of nitro groups is 1.